The van der Waals surface area contributed by atoms with Crippen molar-refractivity contribution in [3.63, 3.8) is 0 Å². The summed E-state index contributed by atoms with van der Waals surface area (Å²) < 4.78 is 11.8. The summed E-state index contributed by atoms with van der Waals surface area (Å²) in [4.78, 5) is 7.97. The maximum Gasteiger partial charge on any atom is 0.218 e. The molecule has 1 unspecified atom stereocenters. The summed E-state index contributed by atoms with van der Waals surface area (Å²) in [6, 6.07) is 1.73. The van der Waals surface area contributed by atoms with Gasteiger partial charge in [-0.25, -0.2) is 9.97 Å². The molecule has 4 nitrogen and oxygen atoms in total. The van der Waals surface area contributed by atoms with Gasteiger partial charge in [-0.05, 0) is 19.0 Å². The molecule has 2 heterocycles. The van der Waals surface area contributed by atoms with E-state index in [0.29, 0.717) is 5.16 Å². The van der Waals surface area contributed by atoms with E-state index in [1.54, 1.807) is 18.5 Å². The molecular formula is C8H12ClN3OS. The van der Waals surface area contributed by atoms with Crippen LogP contribution in [0.1, 0.15) is 6.42 Å². The fourth-order valence-electron chi connectivity index (χ4n) is 1.35. The Bertz CT molecular complexity index is 303. The van der Waals surface area contributed by atoms with Crippen molar-refractivity contribution < 1.29 is 4.21 Å². The van der Waals surface area contributed by atoms with Gasteiger partial charge in [0.05, 0.1) is 16.0 Å². The third-order valence-corrected chi connectivity index (χ3v) is 3.62. The normalized spacial score (nSPS) is 22.7. The number of rotatable bonds is 2. The summed E-state index contributed by atoms with van der Waals surface area (Å²) in [6.07, 6.45) is 4.20. The molecule has 2 rings (SSSR count). The van der Waals surface area contributed by atoms with Gasteiger partial charge in [-0.15, -0.1) is 12.4 Å². The lowest BCUT2D eigenvalue weighted by Crippen LogP contribution is -2.20. The highest BCUT2D eigenvalue weighted by molar-refractivity contribution is 7.85. The van der Waals surface area contributed by atoms with Crippen LogP contribution in [-0.2, 0) is 10.8 Å². The first-order valence-corrected chi connectivity index (χ1v) is 5.47. The monoisotopic (exact) mass is 233 g/mol. The highest BCUT2D eigenvalue weighted by Crippen LogP contribution is 2.11. The van der Waals surface area contributed by atoms with Crippen LogP contribution < -0.4 is 5.32 Å². The minimum atomic E-state index is -1.04. The van der Waals surface area contributed by atoms with E-state index in [-0.39, 0.29) is 17.7 Å². The van der Waals surface area contributed by atoms with Crippen molar-refractivity contribution in [1.82, 2.24) is 15.3 Å². The van der Waals surface area contributed by atoms with E-state index < -0.39 is 10.8 Å². The van der Waals surface area contributed by atoms with Crippen molar-refractivity contribution in [1.29, 1.82) is 0 Å². The van der Waals surface area contributed by atoms with Crippen molar-refractivity contribution in [2.75, 3.05) is 13.1 Å². The smallest absolute Gasteiger partial charge is 0.218 e. The van der Waals surface area contributed by atoms with Gasteiger partial charge in [0.2, 0.25) is 5.16 Å². The van der Waals surface area contributed by atoms with Gasteiger partial charge in [-0.1, -0.05) is 0 Å². The van der Waals surface area contributed by atoms with Crippen LogP contribution in [0.4, 0.5) is 0 Å². The van der Waals surface area contributed by atoms with Gasteiger partial charge in [0.25, 0.3) is 0 Å². The van der Waals surface area contributed by atoms with Crippen LogP contribution in [0.5, 0.6) is 0 Å². The van der Waals surface area contributed by atoms with E-state index in [1.807, 2.05) is 0 Å². The van der Waals surface area contributed by atoms with E-state index in [0.717, 1.165) is 19.5 Å². The largest absolute Gasteiger partial charge is 0.315 e. The highest BCUT2D eigenvalue weighted by Gasteiger charge is 2.23. The Hall–Kier alpha value is -0.520. The van der Waals surface area contributed by atoms with E-state index in [4.69, 9.17) is 0 Å². The third kappa shape index (κ3) is 2.50. The van der Waals surface area contributed by atoms with Crippen LogP contribution >= 0.6 is 12.4 Å². The summed E-state index contributed by atoms with van der Waals surface area (Å²) in [5, 5.41) is 3.81. The van der Waals surface area contributed by atoms with Gasteiger partial charge in [0, 0.05) is 18.9 Å². The number of halogens is 1. The maximum atomic E-state index is 11.8. The topological polar surface area (TPSA) is 54.9 Å². The van der Waals surface area contributed by atoms with Crippen LogP contribution in [0.15, 0.2) is 23.6 Å². The van der Waals surface area contributed by atoms with Crippen molar-refractivity contribution in [3.8, 4) is 0 Å². The Morgan fingerprint density at radius 2 is 2.14 bits per heavy atom. The van der Waals surface area contributed by atoms with E-state index >= 15 is 0 Å². The zero-order valence-corrected chi connectivity index (χ0v) is 9.18. The second-order valence-corrected chi connectivity index (χ2v) is 4.57. The predicted molar refractivity (Wildman–Crippen MR) is 57.0 cm³/mol. The molecule has 0 spiro atoms. The molecule has 0 aliphatic carbocycles. The lowest BCUT2D eigenvalue weighted by Gasteiger charge is -2.05. The van der Waals surface area contributed by atoms with Gasteiger partial charge in [-0.2, -0.15) is 0 Å². The molecule has 0 radical (unpaired) electrons. The molecule has 6 heteroatoms. The van der Waals surface area contributed by atoms with Crippen LogP contribution in [0, 0.1) is 0 Å². The zero-order valence-electron chi connectivity index (χ0n) is 7.55. The molecule has 0 bridgehead atoms. The number of hydrogen-bond acceptors (Lipinski definition) is 4. The SMILES string of the molecule is Cl.O=S(c1ncccn1)[C@H]1CCNC1. The minimum Gasteiger partial charge on any atom is -0.315 e. The van der Waals surface area contributed by atoms with Gasteiger partial charge in [0.15, 0.2) is 0 Å². The molecule has 14 heavy (non-hydrogen) atoms. The fraction of sp³-hybridized carbons (Fsp3) is 0.500. The first-order chi connectivity index (χ1) is 6.38. The lowest BCUT2D eigenvalue weighted by atomic mass is 10.4. The van der Waals surface area contributed by atoms with Crippen molar-refractivity contribution >= 4 is 23.2 Å². The third-order valence-electron chi connectivity index (χ3n) is 2.04. The summed E-state index contributed by atoms with van der Waals surface area (Å²) >= 11 is 0. The first-order valence-electron chi connectivity index (χ1n) is 4.26. The number of nitrogens with zero attached hydrogens (tertiary/aromatic N) is 2. The Labute approximate surface area is 91.4 Å². The highest BCUT2D eigenvalue weighted by atomic mass is 35.5. The number of aromatic nitrogens is 2. The quantitative estimate of drug-likeness (QED) is 0.750. The Kier molecular flexibility index (Phi) is 4.44. The fourth-order valence-corrected chi connectivity index (χ4v) is 2.58. The predicted octanol–water partition coefficient (Wildman–Crippen LogP) is 0.368. The molecule has 0 amide bonds. The average Bonchev–Trinajstić information content (AvgIpc) is 2.71. The number of nitrogens with one attached hydrogen (secondary N) is 1. The molecule has 1 aliphatic heterocycles. The van der Waals surface area contributed by atoms with Crippen LogP contribution in [0.25, 0.3) is 0 Å². The summed E-state index contributed by atoms with van der Waals surface area (Å²) in [5.41, 5.74) is 0. The summed E-state index contributed by atoms with van der Waals surface area (Å²) in [7, 11) is -1.04. The molecule has 1 aromatic heterocycles. The van der Waals surface area contributed by atoms with E-state index in [1.165, 1.54) is 0 Å². The van der Waals surface area contributed by atoms with Gasteiger partial charge < -0.3 is 5.32 Å². The molecule has 1 aromatic rings. The molecule has 1 N–H and O–H groups in total. The second kappa shape index (κ2) is 5.38. The van der Waals surface area contributed by atoms with Crippen molar-refractivity contribution in [2.45, 2.75) is 16.8 Å². The molecule has 0 aromatic carbocycles. The van der Waals surface area contributed by atoms with Crippen LogP contribution in [0.3, 0.4) is 0 Å². The van der Waals surface area contributed by atoms with Crippen LogP contribution in [0.2, 0.25) is 0 Å². The van der Waals surface area contributed by atoms with Gasteiger partial charge in [-0.3, -0.25) is 4.21 Å². The van der Waals surface area contributed by atoms with Crippen LogP contribution in [-0.4, -0.2) is 32.5 Å². The Morgan fingerprint density at radius 3 is 2.71 bits per heavy atom. The average molecular weight is 234 g/mol. The molecule has 1 aliphatic rings. The first kappa shape index (κ1) is 11.6. The van der Waals surface area contributed by atoms with Gasteiger partial charge in [0.1, 0.15) is 0 Å². The molecule has 1 fully saturated rings. The molecule has 1 saturated heterocycles. The molecule has 0 saturated carbocycles. The van der Waals surface area contributed by atoms with E-state index in [2.05, 4.69) is 15.3 Å². The summed E-state index contributed by atoms with van der Waals surface area (Å²) in [6.45, 7) is 1.76. The second-order valence-electron chi connectivity index (χ2n) is 2.94. The van der Waals surface area contributed by atoms with E-state index in [9.17, 15) is 4.21 Å². The molecular weight excluding hydrogens is 222 g/mol. The summed E-state index contributed by atoms with van der Waals surface area (Å²) in [5.74, 6) is 0. The van der Waals surface area contributed by atoms with Gasteiger partial charge >= 0.3 is 0 Å². The standard InChI is InChI=1S/C8H11N3OS.ClH/c12-13(7-2-5-9-6-7)8-10-3-1-4-11-8;/h1,3-4,7,9H,2,5-6H2;1H/t7-,13?;/m0./s1. The molecule has 78 valence electrons. The Balaban J connectivity index is 0.000000980. The Morgan fingerprint density at radius 1 is 1.43 bits per heavy atom. The molecule has 2 atom stereocenters. The van der Waals surface area contributed by atoms with Crippen molar-refractivity contribution in [2.24, 2.45) is 0 Å². The minimum absolute atomic E-state index is 0. The maximum absolute atomic E-state index is 11.8. The number of hydrogen-bond donors (Lipinski definition) is 1. The lowest BCUT2D eigenvalue weighted by molar-refractivity contribution is 0.664. The van der Waals surface area contributed by atoms with Crippen molar-refractivity contribution in [3.05, 3.63) is 18.5 Å². The zero-order chi connectivity index (χ0) is 9.10.